The van der Waals surface area contributed by atoms with Crippen molar-refractivity contribution in [2.45, 2.75) is 27.7 Å². The molecule has 138 valence electrons. The SMILES string of the molecule is CCNC(=NCCNC(=O)C(C)C)N1CCN(C(=O)OCC)CC1. The van der Waals surface area contributed by atoms with Crippen molar-refractivity contribution in [3.8, 4) is 0 Å². The van der Waals surface area contributed by atoms with Gasteiger partial charge in [-0.15, -0.1) is 0 Å². The summed E-state index contributed by atoms with van der Waals surface area (Å²) in [5.74, 6) is 0.844. The van der Waals surface area contributed by atoms with Crippen LogP contribution >= 0.6 is 0 Å². The Hall–Kier alpha value is -1.99. The zero-order valence-electron chi connectivity index (χ0n) is 15.3. The molecule has 8 heteroatoms. The summed E-state index contributed by atoms with van der Waals surface area (Å²) in [4.78, 5) is 31.7. The van der Waals surface area contributed by atoms with E-state index in [9.17, 15) is 9.59 Å². The first-order chi connectivity index (χ1) is 11.5. The van der Waals surface area contributed by atoms with Gasteiger partial charge in [-0.3, -0.25) is 9.79 Å². The van der Waals surface area contributed by atoms with E-state index in [0.29, 0.717) is 45.9 Å². The van der Waals surface area contributed by atoms with Crippen molar-refractivity contribution in [2.24, 2.45) is 10.9 Å². The van der Waals surface area contributed by atoms with E-state index in [2.05, 4.69) is 20.5 Å². The van der Waals surface area contributed by atoms with Crippen LogP contribution in [0.3, 0.4) is 0 Å². The van der Waals surface area contributed by atoms with E-state index in [1.54, 1.807) is 4.90 Å². The molecule has 0 aromatic rings. The summed E-state index contributed by atoms with van der Waals surface area (Å²) in [6.45, 7) is 12.4. The largest absolute Gasteiger partial charge is 0.450 e. The molecule has 1 fully saturated rings. The Morgan fingerprint density at radius 3 is 2.25 bits per heavy atom. The maximum absolute atomic E-state index is 11.7. The normalized spacial score (nSPS) is 15.5. The summed E-state index contributed by atoms with van der Waals surface area (Å²) in [6, 6.07) is 0. The number of amides is 2. The van der Waals surface area contributed by atoms with Gasteiger partial charge in [0.25, 0.3) is 0 Å². The standard InChI is InChI=1S/C16H31N5O3/c1-5-17-15(19-8-7-18-14(22)13(3)4)20-9-11-21(12-10-20)16(23)24-6-2/h13H,5-12H2,1-4H3,(H,17,19)(H,18,22). The Kier molecular flexibility index (Phi) is 8.96. The van der Waals surface area contributed by atoms with Gasteiger partial charge in [-0.25, -0.2) is 4.79 Å². The molecule has 0 unspecified atom stereocenters. The summed E-state index contributed by atoms with van der Waals surface area (Å²) in [5.41, 5.74) is 0. The average Bonchev–Trinajstić information content (AvgIpc) is 2.57. The van der Waals surface area contributed by atoms with Crippen LogP contribution in [0.4, 0.5) is 4.79 Å². The Morgan fingerprint density at radius 2 is 1.71 bits per heavy atom. The third-order valence-corrected chi connectivity index (χ3v) is 3.64. The first-order valence-corrected chi connectivity index (χ1v) is 8.72. The van der Waals surface area contributed by atoms with Gasteiger partial charge in [-0.05, 0) is 13.8 Å². The maximum atomic E-state index is 11.7. The second-order valence-electron chi connectivity index (χ2n) is 5.85. The van der Waals surface area contributed by atoms with Gasteiger partial charge in [-0.2, -0.15) is 0 Å². The van der Waals surface area contributed by atoms with E-state index < -0.39 is 0 Å². The summed E-state index contributed by atoms with van der Waals surface area (Å²) in [7, 11) is 0. The van der Waals surface area contributed by atoms with Gasteiger partial charge in [0.1, 0.15) is 0 Å². The molecule has 0 atom stereocenters. The highest BCUT2D eigenvalue weighted by molar-refractivity contribution is 5.80. The molecule has 0 aromatic heterocycles. The molecular formula is C16H31N5O3. The molecule has 0 aromatic carbocycles. The molecule has 0 spiro atoms. The topological polar surface area (TPSA) is 86.3 Å². The lowest BCUT2D eigenvalue weighted by molar-refractivity contribution is -0.123. The van der Waals surface area contributed by atoms with E-state index in [0.717, 1.165) is 12.5 Å². The van der Waals surface area contributed by atoms with Crippen LogP contribution in [0, 0.1) is 5.92 Å². The lowest BCUT2D eigenvalue weighted by atomic mass is 10.2. The Balaban J connectivity index is 2.46. The Morgan fingerprint density at radius 1 is 1.08 bits per heavy atom. The Bertz CT molecular complexity index is 431. The van der Waals surface area contributed by atoms with Crippen molar-refractivity contribution in [3.05, 3.63) is 0 Å². The van der Waals surface area contributed by atoms with E-state index in [-0.39, 0.29) is 17.9 Å². The van der Waals surface area contributed by atoms with Crippen molar-refractivity contribution in [1.29, 1.82) is 0 Å². The molecule has 1 aliphatic heterocycles. The van der Waals surface area contributed by atoms with Crippen LogP contribution < -0.4 is 10.6 Å². The summed E-state index contributed by atoms with van der Waals surface area (Å²) < 4.78 is 5.03. The number of ether oxygens (including phenoxy) is 1. The highest BCUT2D eigenvalue weighted by Crippen LogP contribution is 2.04. The van der Waals surface area contributed by atoms with Crippen molar-refractivity contribution in [1.82, 2.24) is 20.4 Å². The van der Waals surface area contributed by atoms with Crippen LogP contribution in [-0.4, -0.2) is 80.2 Å². The van der Waals surface area contributed by atoms with Crippen LogP contribution in [0.25, 0.3) is 0 Å². The zero-order valence-corrected chi connectivity index (χ0v) is 15.3. The van der Waals surface area contributed by atoms with Gasteiger partial charge >= 0.3 is 6.09 Å². The minimum atomic E-state index is -0.254. The summed E-state index contributed by atoms with van der Waals surface area (Å²) >= 11 is 0. The fourth-order valence-corrected chi connectivity index (χ4v) is 2.29. The van der Waals surface area contributed by atoms with Gasteiger partial charge in [0, 0.05) is 45.2 Å². The lowest BCUT2D eigenvalue weighted by Crippen LogP contribution is -2.54. The van der Waals surface area contributed by atoms with Crippen LogP contribution in [0.15, 0.2) is 4.99 Å². The second-order valence-corrected chi connectivity index (χ2v) is 5.85. The predicted octanol–water partition coefficient (Wildman–Crippen LogP) is 0.498. The molecule has 1 heterocycles. The molecule has 2 N–H and O–H groups in total. The quantitative estimate of drug-likeness (QED) is 0.417. The minimum Gasteiger partial charge on any atom is -0.450 e. The van der Waals surface area contributed by atoms with Gasteiger partial charge < -0.3 is 25.2 Å². The number of guanidine groups is 1. The number of nitrogens with zero attached hydrogens (tertiary/aromatic N) is 3. The minimum absolute atomic E-state index is 0.0156. The summed E-state index contributed by atoms with van der Waals surface area (Å²) in [6.07, 6.45) is -0.254. The maximum Gasteiger partial charge on any atom is 0.409 e. The third kappa shape index (κ3) is 6.64. The molecule has 0 aliphatic carbocycles. The number of hydrogen-bond donors (Lipinski definition) is 2. The van der Waals surface area contributed by atoms with Crippen molar-refractivity contribution < 1.29 is 14.3 Å². The predicted molar refractivity (Wildman–Crippen MR) is 94.0 cm³/mol. The van der Waals surface area contributed by atoms with E-state index in [1.165, 1.54) is 0 Å². The van der Waals surface area contributed by atoms with Gasteiger partial charge in [0.15, 0.2) is 5.96 Å². The van der Waals surface area contributed by atoms with Crippen LogP contribution in [0.2, 0.25) is 0 Å². The summed E-state index contributed by atoms with van der Waals surface area (Å²) in [5, 5.41) is 6.12. The smallest absolute Gasteiger partial charge is 0.409 e. The third-order valence-electron chi connectivity index (χ3n) is 3.64. The number of aliphatic imine (C=N–C) groups is 1. The van der Waals surface area contributed by atoms with E-state index in [4.69, 9.17) is 4.74 Å². The number of rotatable bonds is 6. The van der Waals surface area contributed by atoms with Crippen molar-refractivity contribution in [3.63, 3.8) is 0 Å². The fraction of sp³-hybridized carbons (Fsp3) is 0.812. The first-order valence-electron chi connectivity index (χ1n) is 8.72. The fourth-order valence-electron chi connectivity index (χ4n) is 2.29. The molecule has 1 saturated heterocycles. The van der Waals surface area contributed by atoms with E-state index >= 15 is 0 Å². The Labute approximate surface area is 144 Å². The molecule has 0 radical (unpaired) electrons. The number of piperazine rings is 1. The average molecular weight is 341 g/mol. The number of hydrogen-bond acceptors (Lipinski definition) is 4. The number of carbonyl (C=O) groups excluding carboxylic acids is 2. The molecule has 0 bridgehead atoms. The molecule has 1 aliphatic rings. The van der Waals surface area contributed by atoms with Gasteiger partial charge in [0.2, 0.25) is 5.91 Å². The van der Waals surface area contributed by atoms with Crippen LogP contribution in [-0.2, 0) is 9.53 Å². The molecular weight excluding hydrogens is 310 g/mol. The second kappa shape index (κ2) is 10.7. The highest BCUT2D eigenvalue weighted by atomic mass is 16.6. The van der Waals surface area contributed by atoms with Crippen molar-refractivity contribution >= 4 is 18.0 Å². The molecule has 1 rings (SSSR count). The molecule has 0 saturated carbocycles. The first kappa shape index (κ1) is 20.1. The van der Waals surface area contributed by atoms with E-state index in [1.807, 2.05) is 27.7 Å². The van der Waals surface area contributed by atoms with Crippen LogP contribution in [0.5, 0.6) is 0 Å². The van der Waals surface area contributed by atoms with Gasteiger partial charge in [0.05, 0.1) is 13.2 Å². The highest BCUT2D eigenvalue weighted by Gasteiger charge is 2.23. The number of carbonyl (C=O) groups is 2. The molecule has 24 heavy (non-hydrogen) atoms. The molecule has 2 amide bonds. The lowest BCUT2D eigenvalue weighted by Gasteiger charge is -2.35. The number of nitrogens with one attached hydrogen (secondary N) is 2. The molecule has 8 nitrogen and oxygen atoms in total. The van der Waals surface area contributed by atoms with Crippen LogP contribution in [0.1, 0.15) is 27.7 Å². The monoisotopic (exact) mass is 341 g/mol. The van der Waals surface area contributed by atoms with Gasteiger partial charge in [-0.1, -0.05) is 13.8 Å². The zero-order chi connectivity index (χ0) is 17.9. The van der Waals surface area contributed by atoms with Crippen molar-refractivity contribution in [2.75, 3.05) is 52.4 Å².